The van der Waals surface area contributed by atoms with E-state index < -0.39 is 0 Å². The van der Waals surface area contributed by atoms with Gasteiger partial charge in [-0.15, -0.1) is 0 Å². The van der Waals surface area contributed by atoms with E-state index in [2.05, 4.69) is 12.2 Å². The Kier molecular flexibility index (Phi) is 8.25. The third-order valence-electron chi connectivity index (χ3n) is 4.55. The van der Waals surface area contributed by atoms with E-state index >= 15 is 0 Å². The second-order valence-corrected chi connectivity index (χ2v) is 7.74. The number of carbonyl (C=O) groups is 2. The number of benzene rings is 1. The number of hydrazine groups is 1. The molecule has 1 aromatic rings. The standard InChI is InChI=1S/C16H17IN4O.C5H10O/c17-21(19)16-12-6-2-1-5-11(12)9-20(10-22)14-8-4-3-7-13(14)15(16)18;1-3-4-5(2)6/h3-8,10H,1-2,9,18-19H2;3-4H2,1-2H3/b16-15-;. The molecular weight excluding hydrogens is 467 g/mol. The lowest BCUT2D eigenvalue weighted by Crippen LogP contribution is -2.32. The zero-order valence-electron chi connectivity index (χ0n) is 16.3. The van der Waals surface area contributed by atoms with Crippen molar-refractivity contribution >= 4 is 46.4 Å². The number of ketones is 1. The van der Waals surface area contributed by atoms with Crippen LogP contribution in [0.15, 0.2) is 53.3 Å². The van der Waals surface area contributed by atoms with Gasteiger partial charge in [-0.1, -0.05) is 37.3 Å². The molecule has 0 aromatic heterocycles. The summed E-state index contributed by atoms with van der Waals surface area (Å²) in [6, 6.07) is 7.63. The quantitative estimate of drug-likeness (QED) is 0.218. The van der Waals surface area contributed by atoms with Gasteiger partial charge in [0.15, 0.2) is 0 Å². The summed E-state index contributed by atoms with van der Waals surface area (Å²) in [6.45, 7) is 4.14. The molecule has 1 aromatic carbocycles. The molecule has 1 heterocycles. The summed E-state index contributed by atoms with van der Waals surface area (Å²) < 4.78 is 1.53. The van der Waals surface area contributed by atoms with Crippen LogP contribution < -0.4 is 16.5 Å². The predicted octanol–water partition coefficient (Wildman–Crippen LogP) is 3.84. The first-order valence-corrected chi connectivity index (χ1v) is 10.3. The molecule has 0 saturated heterocycles. The number of allylic oxidation sites excluding steroid dienone is 3. The van der Waals surface area contributed by atoms with Crippen LogP contribution in [0, 0.1) is 0 Å². The van der Waals surface area contributed by atoms with Crippen LogP contribution in [0.4, 0.5) is 5.69 Å². The van der Waals surface area contributed by atoms with Gasteiger partial charge in [0, 0.05) is 17.6 Å². The Labute approximate surface area is 180 Å². The minimum atomic E-state index is 0.289. The summed E-state index contributed by atoms with van der Waals surface area (Å²) in [6.07, 6.45) is 8.79. The van der Waals surface area contributed by atoms with E-state index in [0.29, 0.717) is 12.2 Å². The number of para-hydroxylation sites is 1. The van der Waals surface area contributed by atoms with E-state index in [9.17, 15) is 9.59 Å². The molecule has 28 heavy (non-hydrogen) atoms. The van der Waals surface area contributed by atoms with Gasteiger partial charge in [0.2, 0.25) is 6.41 Å². The second kappa shape index (κ2) is 10.4. The molecular formula is C21H27IN4O2. The molecule has 1 amide bonds. The normalized spacial score (nSPS) is 18.2. The van der Waals surface area contributed by atoms with E-state index in [0.717, 1.165) is 60.2 Å². The van der Waals surface area contributed by atoms with Crippen molar-refractivity contribution in [2.75, 3.05) is 11.4 Å². The van der Waals surface area contributed by atoms with Gasteiger partial charge in [-0.3, -0.25) is 4.79 Å². The zero-order chi connectivity index (χ0) is 20.7. The number of anilines is 1. The average molecular weight is 494 g/mol. The number of halogens is 1. The molecule has 1 aliphatic heterocycles. The Morgan fingerprint density at radius 3 is 2.54 bits per heavy atom. The molecule has 150 valence electrons. The van der Waals surface area contributed by atoms with E-state index in [1.165, 1.54) is 3.22 Å². The highest BCUT2D eigenvalue weighted by molar-refractivity contribution is 14.1. The van der Waals surface area contributed by atoms with Gasteiger partial charge < -0.3 is 15.4 Å². The van der Waals surface area contributed by atoms with Gasteiger partial charge in [0.25, 0.3) is 0 Å². The Balaban J connectivity index is 0.000000409. The molecule has 4 N–H and O–H groups in total. The van der Waals surface area contributed by atoms with Crippen molar-refractivity contribution in [3.05, 3.63) is 58.8 Å². The molecule has 0 atom stereocenters. The molecule has 2 aliphatic rings. The Bertz CT molecular complexity index is 827. The van der Waals surface area contributed by atoms with E-state index in [4.69, 9.17) is 11.6 Å². The molecule has 0 spiro atoms. The van der Waals surface area contributed by atoms with Crippen molar-refractivity contribution in [3.8, 4) is 0 Å². The third-order valence-corrected chi connectivity index (χ3v) is 5.03. The van der Waals surface area contributed by atoms with Crippen molar-refractivity contribution < 1.29 is 9.59 Å². The molecule has 0 saturated carbocycles. The highest BCUT2D eigenvalue weighted by atomic mass is 127. The van der Waals surface area contributed by atoms with Crippen molar-refractivity contribution in [1.82, 2.24) is 3.22 Å². The van der Waals surface area contributed by atoms with E-state index in [-0.39, 0.29) is 5.78 Å². The number of rotatable bonds is 4. The molecule has 0 bridgehead atoms. The maximum atomic E-state index is 11.6. The largest absolute Gasteiger partial charge is 0.396 e. The van der Waals surface area contributed by atoms with Crippen LogP contribution in [0.25, 0.3) is 5.70 Å². The number of hydrogen-bond acceptors (Lipinski definition) is 5. The number of hydrogen-bond donors (Lipinski definition) is 2. The number of amides is 1. The maximum absolute atomic E-state index is 11.6. The van der Waals surface area contributed by atoms with Crippen LogP contribution in [-0.2, 0) is 9.59 Å². The van der Waals surface area contributed by atoms with Crippen molar-refractivity contribution in [2.45, 2.75) is 39.5 Å². The number of carbonyl (C=O) groups excluding carboxylic acids is 2. The van der Waals surface area contributed by atoms with Gasteiger partial charge in [-0.05, 0) is 37.8 Å². The summed E-state index contributed by atoms with van der Waals surface area (Å²) in [5, 5.41) is 0. The van der Waals surface area contributed by atoms with E-state index in [1.807, 2.05) is 54.1 Å². The number of nitrogens with zero attached hydrogens (tertiary/aromatic N) is 2. The molecule has 7 heteroatoms. The van der Waals surface area contributed by atoms with Crippen LogP contribution >= 0.6 is 22.9 Å². The number of nitrogens with two attached hydrogens (primary N) is 2. The van der Waals surface area contributed by atoms with Gasteiger partial charge in [-0.25, -0.2) is 9.06 Å². The Morgan fingerprint density at radius 1 is 1.29 bits per heavy atom. The SMILES string of the molecule is CCCC(C)=O.N/C1=C(\N(N)I)C2=CCCC=C2CN(C=O)c2ccccc21. The fraction of sp³-hybridized carbons (Fsp3) is 0.333. The lowest BCUT2D eigenvalue weighted by molar-refractivity contribution is -0.117. The van der Waals surface area contributed by atoms with Crippen molar-refractivity contribution in [2.24, 2.45) is 11.6 Å². The van der Waals surface area contributed by atoms with Crippen LogP contribution in [0.5, 0.6) is 0 Å². The van der Waals surface area contributed by atoms with Gasteiger partial charge in [0.05, 0.1) is 46.5 Å². The maximum Gasteiger partial charge on any atom is 0.214 e. The lowest BCUT2D eigenvalue weighted by atomic mass is 9.90. The molecule has 6 nitrogen and oxygen atoms in total. The predicted molar refractivity (Wildman–Crippen MR) is 122 cm³/mol. The van der Waals surface area contributed by atoms with Crippen LogP contribution in [0.3, 0.4) is 0 Å². The molecule has 0 fully saturated rings. The van der Waals surface area contributed by atoms with Crippen LogP contribution in [0.1, 0.15) is 45.1 Å². The smallest absolute Gasteiger partial charge is 0.214 e. The first-order valence-electron chi connectivity index (χ1n) is 9.31. The molecule has 0 radical (unpaired) electrons. The van der Waals surface area contributed by atoms with Crippen molar-refractivity contribution in [1.29, 1.82) is 0 Å². The third kappa shape index (κ3) is 5.23. The monoisotopic (exact) mass is 494 g/mol. The fourth-order valence-corrected chi connectivity index (χ4v) is 3.81. The highest BCUT2D eigenvalue weighted by Crippen LogP contribution is 2.37. The minimum Gasteiger partial charge on any atom is -0.396 e. The van der Waals surface area contributed by atoms with E-state index in [1.54, 1.807) is 11.8 Å². The Hall–Kier alpha value is -2.13. The van der Waals surface area contributed by atoms with Crippen LogP contribution in [0.2, 0.25) is 0 Å². The highest BCUT2D eigenvalue weighted by Gasteiger charge is 2.26. The second-order valence-electron chi connectivity index (χ2n) is 6.70. The number of Topliss-reactive ketones (excluding diaryl/α,β-unsaturated/α-hetero) is 1. The summed E-state index contributed by atoms with van der Waals surface area (Å²) in [5.41, 5.74) is 11.5. The first kappa shape index (κ1) is 22.2. The fourth-order valence-electron chi connectivity index (χ4n) is 3.29. The molecule has 1 aliphatic carbocycles. The summed E-state index contributed by atoms with van der Waals surface area (Å²) in [5.74, 6) is 6.33. The summed E-state index contributed by atoms with van der Waals surface area (Å²) in [4.78, 5) is 23.3. The average Bonchev–Trinajstić information content (AvgIpc) is 2.66. The lowest BCUT2D eigenvalue weighted by Gasteiger charge is -2.31. The van der Waals surface area contributed by atoms with Gasteiger partial charge in [-0.2, -0.15) is 0 Å². The summed E-state index contributed by atoms with van der Waals surface area (Å²) >= 11 is 2.03. The first-order chi connectivity index (χ1) is 13.4. The van der Waals surface area contributed by atoms with Gasteiger partial charge in [0.1, 0.15) is 5.78 Å². The number of fused-ring (bicyclic) bond motifs is 2. The van der Waals surface area contributed by atoms with Crippen LogP contribution in [-0.4, -0.2) is 22.0 Å². The molecule has 3 rings (SSSR count). The zero-order valence-corrected chi connectivity index (χ0v) is 18.5. The molecule has 0 unspecified atom stereocenters. The summed E-state index contributed by atoms with van der Waals surface area (Å²) in [7, 11) is 0. The van der Waals surface area contributed by atoms with Gasteiger partial charge >= 0.3 is 0 Å². The van der Waals surface area contributed by atoms with Crippen molar-refractivity contribution in [3.63, 3.8) is 0 Å². The Morgan fingerprint density at radius 2 is 1.96 bits per heavy atom. The minimum absolute atomic E-state index is 0.289. The topological polar surface area (TPSA) is 92.7 Å².